The van der Waals surface area contributed by atoms with Crippen molar-refractivity contribution in [1.29, 1.82) is 0 Å². The van der Waals surface area contributed by atoms with Crippen molar-refractivity contribution in [3.8, 4) is 5.75 Å². The second-order valence-corrected chi connectivity index (χ2v) is 8.15. The summed E-state index contributed by atoms with van der Waals surface area (Å²) in [6.45, 7) is 5.98. The van der Waals surface area contributed by atoms with Crippen LogP contribution in [0, 0.1) is 6.92 Å². The van der Waals surface area contributed by atoms with E-state index >= 15 is 0 Å². The van der Waals surface area contributed by atoms with Crippen molar-refractivity contribution < 1.29 is 17.9 Å². The molecule has 1 aromatic heterocycles. The first-order chi connectivity index (χ1) is 11.8. The van der Waals surface area contributed by atoms with Crippen LogP contribution in [0.5, 0.6) is 5.75 Å². The fraction of sp³-hybridized carbons (Fsp3) is 0.400. The van der Waals surface area contributed by atoms with Crippen molar-refractivity contribution in [2.24, 2.45) is 0 Å². The zero-order chi connectivity index (χ0) is 18.6. The van der Waals surface area contributed by atoms with Gasteiger partial charge in [0.05, 0.1) is 17.6 Å². The van der Waals surface area contributed by atoms with Crippen LogP contribution in [0.15, 0.2) is 23.1 Å². The van der Waals surface area contributed by atoms with E-state index < -0.39 is 15.9 Å². The Kier molecular flexibility index (Phi) is 6.09. The number of carbonyl (C=O) groups is 1. The summed E-state index contributed by atoms with van der Waals surface area (Å²) >= 11 is 1.22. The predicted octanol–water partition coefficient (Wildman–Crippen LogP) is 2.14. The summed E-state index contributed by atoms with van der Waals surface area (Å²) < 4.78 is 31.8. The Morgan fingerprint density at radius 3 is 2.48 bits per heavy atom. The molecule has 0 bridgehead atoms. The molecule has 136 valence electrons. The molecule has 1 aromatic carbocycles. The molecule has 0 aliphatic rings. The van der Waals surface area contributed by atoms with Crippen molar-refractivity contribution in [1.82, 2.24) is 14.5 Å². The zero-order valence-corrected chi connectivity index (χ0v) is 16.1. The fourth-order valence-electron chi connectivity index (χ4n) is 2.25. The first-order valence-corrected chi connectivity index (χ1v) is 9.88. The molecule has 0 aliphatic carbocycles. The Morgan fingerprint density at radius 2 is 1.96 bits per heavy atom. The first kappa shape index (κ1) is 19.3. The normalized spacial score (nSPS) is 11.6. The highest BCUT2D eigenvalue weighted by atomic mass is 32.2. The van der Waals surface area contributed by atoms with E-state index in [0.29, 0.717) is 23.2 Å². The van der Waals surface area contributed by atoms with Gasteiger partial charge >= 0.3 is 0 Å². The standard InChI is InChI=1S/C15H20N4O4S2/c1-5-19(6-2)25(21,22)11-7-8-13(23-4)12(9-11)14(20)16-15-18-17-10(3)24-15/h7-9H,5-6H2,1-4H3,(H,16,18,20). The van der Waals surface area contributed by atoms with E-state index in [0.717, 1.165) is 0 Å². The summed E-state index contributed by atoms with van der Waals surface area (Å²) in [5.74, 6) is -0.234. The van der Waals surface area contributed by atoms with Crippen molar-refractivity contribution in [2.45, 2.75) is 25.7 Å². The van der Waals surface area contributed by atoms with Crippen LogP contribution in [0.2, 0.25) is 0 Å². The number of amides is 1. The van der Waals surface area contributed by atoms with Crippen LogP contribution < -0.4 is 10.1 Å². The summed E-state index contributed by atoms with van der Waals surface area (Å²) in [7, 11) is -2.26. The van der Waals surface area contributed by atoms with Crippen LogP contribution in [-0.2, 0) is 10.0 Å². The number of hydrogen-bond acceptors (Lipinski definition) is 7. The van der Waals surface area contributed by atoms with Gasteiger partial charge in [0, 0.05) is 13.1 Å². The van der Waals surface area contributed by atoms with Gasteiger partial charge in [-0.05, 0) is 25.1 Å². The van der Waals surface area contributed by atoms with Crippen molar-refractivity contribution in [3.05, 3.63) is 28.8 Å². The van der Waals surface area contributed by atoms with Gasteiger partial charge in [0.15, 0.2) is 0 Å². The molecule has 1 N–H and O–H groups in total. The Morgan fingerprint density at radius 1 is 1.28 bits per heavy atom. The monoisotopic (exact) mass is 384 g/mol. The van der Waals surface area contributed by atoms with Crippen LogP contribution in [0.3, 0.4) is 0 Å². The van der Waals surface area contributed by atoms with E-state index in [9.17, 15) is 13.2 Å². The minimum Gasteiger partial charge on any atom is -0.496 e. The number of sulfonamides is 1. The van der Waals surface area contributed by atoms with Crippen molar-refractivity contribution in [3.63, 3.8) is 0 Å². The molecule has 2 rings (SSSR count). The Balaban J connectivity index is 2.41. The average Bonchev–Trinajstić information content (AvgIpc) is 2.99. The van der Waals surface area contributed by atoms with Crippen molar-refractivity contribution >= 4 is 32.4 Å². The largest absolute Gasteiger partial charge is 0.496 e. The number of carbonyl (C=O) groups excluding carboxylic acids is 1. The maximum atomic E-state index is 12.7. The second-order valence-electron chi connectivity index (χ2n) is 5.03. The molecule has 0 radical (unpaired) electrons. The van der Waals surface area contributed by atoms with Gasteiger partial charge in [-0.3, -0.25) is 10.1 Å². The van der Waals surface area contributed by atoms with E-state index in [2.05, 4.69) is 15.5 Å². The van der Waals surface area contributed by atoms with Crippen LogP contribution in [-0.4, -0.2) is 49.0 Å². The number of anilines is 1. The summed E-state index contributed by atoms with van der Waals surface area (Å²) in [6.07, 6.45) is 0. The summed E-state index contributed by atoms with van der Waals surface area (Å²) in [4.78, 5) is 12.6. The topological polar surface area (TPSA) is 101 Å². The second kappa shape index (κ2) is 7.89. The van der Waals surface area contributed by atoms with Gasteiger partial charge in [0.1, 0.15) is 10.8 Å². The molecule has 0 spiro atoms. The number of hydrogen-bond donors (Lipinski definition) is 1. The van der Waals surface area contributed by atoms with Crippen LogP contribution in [0.4, 0.5) is 5.13 Å². The molecular formula is C15H20N4O4S2. The molecule has 0 saturated carbocycles. The number of methoxy groups -OCH3 is 1. The Hall–Kier alpha value is -2.04. The van der Waals surface area contributed by atoms with Gasteiger partial charge in [-0.15, -0.1) is 10.2 Å². The van der Waals surface area contributed by atoms with Gasteiger partial charge in [0.25, 0.3) is 5.91 Å². The van der Waals surface area contributed by atoms with Crippen LogP contribution >= 0.6 is 11.3 Å². The quantitative estimate of drug-likeness (QED) is 0.785. The number of aromatic nitrogens is 2. The smallest absolute Gasteiger partial charge is 0.261 e. The number of nitrogens with zero attached hydrogens (tertiary/aromatic N) is 3. The highest BCUT2D eigenvalue weighted by molar-refractivity contribution is 7.89. The number of ether oxygens (including phenoxy) is 1. The predicted molar refractivity (Wildman–Crippen MR) is 95.7 cm³/mol. The average molecular weight is 384 g/mol. The third-order valence-corrected chi connectivity index (χ3v) is 6.31. The van der Waals surface area contributed by atoms with Gasteiger partial charge in [0.2, 0.25) is 15.2 Å². The molecule has 0 fully saturated rings. The molecule has 0 unspecified atom stereocenters. The van der Waals surface area contributed by atoms with Gasteiger partial charge < -0.3 is 4.74 Å². The lowest BCUT2D eigenvalue weighted by Gasteiger charge is -2.19. The molecule has 0 aliphatic heterocycles. The van der Waals surface area contributed by atoms with Crippen molar-refractivity contribution in [2.75, 3.05) is 25.5 Å². The minimum atomic E-state index is -3.68. The minimum absolute atomic E-state index is 0.0376. The van der Waals surface area contributed by atoms with Gasteiger partial charge in [-0.25, -0.2) is 8.42 Å². The summed E-state index contributed by atoms with van der Waals surface area (Å²) in [5, 5.41) is 11.3. The zero-order valence-electron chi connectivity index (χ0n) is 14.4. The molecule has 25 heavy (non-hydrogen) atoms. The highest BCUT2D eigenvalue weighted by Crippen LogP contribution is 2.26. The lowest BCUT2D eigenvalue weighted by Crippen LogP contribution is -2.30. The van der Waals surface area contributed by atoms with E-state index in [-0.39, 0.29) is 16.2 Å². The Bertz CT molecular complexity index is 860. The molecule has 0 saturated heterocycles. The molecule has 2 aromatic rings. The van der Waals surface area contributed by atoms with E-state index in [1.807, 2.05) is 0 Å². The lowest BCUT2D eigenvalue weighted by molar-refractivity contribution is 0.102. The molecule has 8 nitrogen and oxygen atoms in total. The fourth-order valence-corrected chi connectivity index (χ4v) is 4.32. The lowest BCUT2D eigenvalue weighted by atomic mass is 10.2. The van der Waals surface area contributed by atoms with Gasteiger partial charge in [-0.1, -0.05) is 25.2 Å². The van der Waals surface area contributed by atoms with Gasteiger partial charge in [-0.2, -0.15) is 4.31 Å². The molecule has 0 atom stereocenters. The Labute approximate surface area is 150 Å². The van der Waals surface area contributed by atoms with Crippen LogP contribution in [0.1, 0.15) is 29.2 Å². The summed E-state index contributed by atoms with van der Waals surface area (Å²) in [5.41, 5.74) is 0.114. The number of aryl methyl sites for hydroxylation is 1. The number of rotatable bonds is 7. The third kappa shape index (κ3) is 4.14. The third-order valence-electron chi connectivity index (χ3n) is 3.51. The molecule has 1 heterocycles. The maximum absolute atomic E-state index is 12.7. The first-order valence-electron chi connectivity index (χ1n) is 7.63. The van der Waals surface area contributed by atoms with E-state index in [4.69, 9.17) is 4.74 Å². The SMILES string of the molecule is CCN(CC)S(=O)(=O)c1ccc(OC)c(C(=O)Nc2nnc(C)s2)c1. The summed E-state index contributed by atoms with van der Waals surface area (Å²) in [6, 6.07) is 4.21. The van der Waals surface area contributed by atoms with E-state index in [1.54, 1.807) is 20.8 Å². The highest BCUT2D eigenvalue weighted by Gasteiger charge is 2.24. The molecular weight excluding hydrogens is 364 g/mol. The number of nitrogens with one attached hydrogen (secondary N) is 1. The maximum Gasteiger partial charge on any atom is 0.261 e. The molecule has 1 amide bonds. The number of benzene rings is 1. The van der Waals surface area contributed by atoms with Crippen LogP contribution in [0.25, 0.3) is 0 Å². The van der Waals surface area contributed by atoms with E-state index in [1.165, 1.54) is 41.0 Å². The molecule has 10 heteroatoms.